The third kappa shape index (κ3) is 4.82. The van der Waals surface area contributed by atoms with Crippen molar-refractivity contribution in [3.63, 3.8) is 0 Å². The fraction of sp³-hybridized carbons (Fsp3) is 0.381. The van der Waals surface area contributed by atoms with Crippen LogP contribution in [0.5, 0.6) is 0 Å². The molecule has 0 saturated heterocycles. The first-order valence-electron chi connectivity index (χ1n) is 9.35. The van der Waals surface area contributed by atoms with E-state index in [0.29, 0.717) is 24.1 Å². The Morgan fingerprint density at radius 1 is 1.14 bits per heavy atom. The summed E-state index contributed by atoms with van der Waals surface area (Å²) in [5.41, 5.74) is 0.283. The monoisotopic (exact) mass is 422 g/mol. The summed E-state index contributed by atoms with van der Waals surface area (Å²) in [6.07, 6.45) is 0.539. The van der Waals surface area contributed by atoms with Gasteiger partial charge in [0.05, 0.1) is 4.90 Å². The van der Waals surface area contributed by atoms with Crippen molar-refractivity contribution in [2.45, 2.75) is 50.3 Å². The van der Waals surface area contributed by atoms with Crippen molar-refractivity contribution >= 4 is 15.9 Å². The Bertz CT molecular complexity index is 1020. The van der Waals surface area contributed by atoms with E-state index in [-0.39, 0.29) is 11.4 Å². The Hall–Kier alpha value is -2.32. The summed E-state index contributed by atoms with van der Waals surface area (Å²) in [5.74, 6) is -1.01. The molecule has 0 radical (unpaired) electrons. The van der Waals surface area contributed by atoms with Gasteiger partial charge in [-0.05, 0) is 68.1 Å². The SMILES string of the molecule is C[C@H](NS(=O)(=O)c1ccc2c(c1)CN(C(=O)C(C)(C)F)CC2)c1ccc(F)cc1. The summed E-state index contributed by atoms with van der Waals surface area (Å²) < 4.78 is 55.3. The van der Waals surface area contributed by atoms with Crippen LogP contribution < -0.4 is 4.72 Å². The molecule has 0 saturated carbocycles. The Kier molecular flexibility index (Phi) is 5.78. The van der Waals surface area contributed by atoms with Crippen LogP contribution >= 0.6 is 0 Å². The molecule has 156 valence electrons. The highest BCUT2D eigenvalue weighted by molar-refractivity contribution is 7.89. The molecule has 29 heavy (non-hydrogen) atoms. The summed E-state index contributed by atoms with van der Waals surface area (Å²) in [4.78, 5) is 13.7. The van der Waals surface area contributed by atoms with Gasteiger partial charge in [0.25, 0.3) is 5.91 Å². The van der Waals surface area contributed by atoms with Crippen LogP contribution in [0.15, 0.2) is 47.4 Å². The zero-order chi connectivity index (χ0) is 21.4. The van der Waals surface area contributed by atoms with Gasteiger partial charge in [-0.1, -0.05) is 18.2 Å². The number of fused-ring (bicyclic) bond motifs is 1. The zero-order valence-corrected chi connectivity index (χ0v) is 17.4. The molecule has 2 aromatic carbocycles. The summed E-state index contributed by atoms with van der Waals surface area (Å²) in [7, 11) is -3.84. The van der Waals surface area contributed by atoms with Crippen molar-refractivity contribution in [3.05, 3.63) is 65.0 Å². The standard InChI is InChI=1S/C21H24F2N2O3S/c1-14(15-4-7-18(22)8-5-15)24-29(27,28)19-9-6-16-10-11-25(13-17(16)12-19)20(26)21(2,3)23/h4-9,12,14,24H,10-11,13H2,1-3H3/t14-/m0/s1. The highest BCUT2D eigenvalue weighted by Gasteiger charge is 2.33. The minimum Gasteiger partial charge on any atom is -0.335 e. The number of benzene rings is 2. The lowest BCUT2D eigenvalue weighted by Crippen LogP contribution is -2.45. The van der Waals surface area contributed by atoms with Gasteiger partial charge in [0.1, 0.15) is 5.82 Å². The second-order valence-corrected chi connectivity index (χ2v) is 9.49. The molecule has 1 N–H and O–H groups in total. The van der Waals surface area contributed by atoms with E-state index in [4.69, 9.17) is 0 Å². The number of sulfonamides is 1. The number of nitrogens with one attached hydrogen (secondary N) is 1. The fourth-order valence-corrected chi connectivity index (χ4v) is 4.65. The lowest BCUT2D eigenvalue weighted by Gasteiger charge is -2.32. The molecule has 1 atom stereocenters. The number of nitrogens with zero attached hydrogens (tertiary/aromatic N) is 1. The maximum atomic E-state index is 14.0. The van der Waals surface area contributed by atoms with Gasteiger partial charge >= 0.3 is 0 Å². The normalized spacial score (nSPS) is 15.7. The number of hydrogen-bond donors (Lipinski definition) is 1. The van der Waals surface area contributed by atoms with E-state index in [1.807, 2.05) is 0 Å². The molecule has 0 unspecified atom stereocenters. The van der Waals surface area contributed by atoms with Crippen molar-refractivity contribution in [1.29, 1.82) is 0 Å². The molecule has 0 aliphatic carbocycles. The third-order valence-corrected chi connectivity index (χ3v) is 6.54. The van der Waals surface area contributed by atoms with Gasteiger partial charge in [0.2, 0.25) is 10.0 Å². The molecule has 0 fully saturated rings. The predicted octanol–water partition coefficient (Wildman–Crippen LogP) is 3.50. The molecule has 1 aliphatic rings. The molecule has 1 heterocycles. The second-order valence-electron chi connectivity index (χ2n) is 7.77. The van der Waals surface area contributed by atoms with Crippen LogP contribution in [0, 0.1) is 5.82 Å². The maximum Gasteiger partial charge on any atom is 0.259 e. The second kappa shape index (κ2) is 7.84. The van der Waals surface area contributed by atoms with Crippen molar-refractivity contribution in [1.82, 2.24) is 9.62 Å². The number of alkyl halides is 1. The van der Waals surface area contributed by atoms with Crippen LogP contribution in [0.2, 0.25) is 0 Å². The molecule has 0 aromatic heterocycles. The smallest absolute Gasteiger partial charge is 0.259 e. The summed E-state index contributed by atoms with van der Waals surface area (Å²) in [5, 5.41) is 0. The van der Waals surface area contributed by atoms with Gasteiger partial charge < -0.3 is 4.90 Å². The summed E-state index contributed by atoms with van der Waals surface area (Å²) >= 11 is 0. The summed E-state index contributed by atoms with van der Waals surface area (Å²) in [6, 6.07) is 9.83. The minimum atomic E-state index is -3.84. The average Bonchev–Trinajstić information content (AvgIpc) is 2.66. The van der Waals surface area contributed by atoms with Gasteiger partial charge in [0, 0.05) is 19.1 Å². The van der Waals surface area contributed by atoms with Crippen LogP contribution in [0.25, 0.3) is 0 Å². The highest BCUT2D eigenvalue weighted by atomic mass is 32.2. The lowest BCUT2D eigenvalue weighted by atomic mass is 9.98. The largest absolute Gasteiger partial charge is 0.335 e. The van der Waals surface area contributed by atoms with Crippen LogP contribution in [0.4, 0.5) is 8.78 Å². The quantitative estimate of drug-likeness (QED) is 0.802. The van der Waals surface area contributed by atoms with Gasteiger partial charge in [-0.25, -0.2) is 21.9 Å². The average molecular weight is 422 g/mol. The number of halogens is 2. The molecule has 5 nitrogen and oxygen atoms in total. The van der Waals surface area contributed by atoms with Gasteiger partial charge in [-0.15, -0.1) is 0 Å². The van der Waals surface area contributed by atoms with E-state index in [1.165, 1.54) is 55.1 Å². The first-order chi connectivity index (χ1) is 13.5. The van der Waals surface area contributed by atoms with Crippen LogP contribution in [-0.2, 0) is 27.8 Å². The first-order valence-corrected chi connectivity index (χ1v) is 10.8. The molecule has 0 bridgehead atoms. The third-order valence-electron chi connectivity index (χ3n) is 5.00. The predicted molar refractivity (Wildman–Crippen MR) is 106 cm³/mol. The maximum absolute atomic E-state index is 14.0. The number of carbonyl (C=O) groups excluding carboxylic acids is 1. The zero-order valence-electron chi connectivity index (χ0n) is 16.6. The van der Waals surface area contributed by atoms with Gasteiger partial charge in [-0.2, -0.15) is 0 Å². The van der Waals surface area contributed by atoms with E-state index in [1.54, 1.807) is 13.0 Å². The Morgan fingerprint density at radius 2 is 1.79 bits per heavy atom. The van der Waals surface area contributed by atoms with Crippen molar-refractivity contribution < 1.29 is 22.0 Å². The Morgan fingerprint density at radius 3 is 2.41 bits per heavy atom. The van der Waals surface area contributed by atoms with E-state index in [9.17, 15) is 22.0 Å². The molecular weight excluding hydrogens is 398 g/mol. The number of amides is 1. The highest BCUT2D eigenvalue weighted by Crippen LogP contribution is 2.26. The molecule has 1 aliphatic heterocycles. The Labute approximate surface area is 169 Å². The number of hydrogen-bond acceptors (Lipinski definition) is 3. The molecule has 3 rings (SSSR count). The summed E-state index contributed by atoms with van der Waals surface area (Å²) in [6.45, 7) is 4.66. The van der Waals surface area contributed by atoms with Gasteiger partial charge in [0.15, 0.2) is 5.67 Å². The first kappa shape index (κ1) is 21.4. The molecule has 1 amide bonds. The Balaban J connectivity index is 1.81. The molecule has 0 spiro atoms. The lowest BCUT2D eigenvalue weighted by molar-refractivity contribution is -0.142. The van der Waals surface area contributed by atoms with Crippen molar-refractivity contribution in [2.24, 2.45) is 0 Å². The molecule has 8 heteroatoms. The van der Waals surface area contributed by atoms with Crippen molar-refractivity contribution in [2.75, 3.05) is 6.54 Å². The fourth-order valence-electron chi connectivity index (χ4n) is 3.37. The van der Waals surface area contributed by atoms with Crippen LogP contribution in [0.1, 0.15) is 43.5 Å². The van der Waals surface area contributed by atoms with E-state index in [2.05, 4.69) is 4.72 Å². The minimum absolute atomic E-state index is 0.0685. The molecular formula is C21H24F2N2O3S. The van der Waals surface area contributed by atoms with Crippen LogP contribution in [-0.4, -0.2) is 31.4 Å². The van der Waals surface area contributed by atoms with E-state index >= 15 is 0 Å². The molecule has 2 aromatic rings. The van der Waals surface area contributed by atoms with Crippen molar-refractivity contribution in [3.8, 4) is 0 Å². The number of carbonyl (C=O) groups is 1. The van der Waals surface area contributed by atoms with E-state index in [0.717, 1.165) is 5.56 Å². The van der Waals surface area contributed by atoms with Gasteiger partial charge in [-0.3, -0.25) is 4.79 Å². The topological polar surface area (TPSA) is 66.5 Å². The van der Waals surface area contributed by atoms with Crippen LogP contribution in [0.3, 0.4) is 0 Å². The number of rotatable bonds is 5. The van der Waals surface area contributed by atoms with E-state index < -0.39 is 33.5 Å².